The molecule has 1 aliphatic heterocycles. The number of rotatable bonds is 3. The van der Waals surface area contributed by atoms with Crippen molar-refractivity contribution in [3.8, 4) is 0 Å². The van der Waals surface area contributed by atoms with E-state index in [9.17, 15) is 18.0 Å². The van der Waals surface area contributed by atoms with Gasteiger partial charge in [0, 0.05) is 0 Å². The Bertz CT molecular complexity index is 579. The second-order valence-electron chi connectivity index (χ2n) is 5.12. The van der Waals surface area contributed by atoms with Crippen molar-refractivity contribution in [2.45, 2.75) is 31.7 Å². The Morgan fingerprint density at radius 2 is 1.86 bits per heavy atom. The minimum absolute atomic E-state index is 0.0351. The Hall–Kier alpha value is -2.25. The van der Waals surface area contributed by atoms with Crippen molar-refractivity contribution in [3.05, 3.63) is 35.4 Å². The third kappa shape index (κ3) is 2.93. The van der Waals surface area contributed by atoms with E-state index in [1.165, 1.54) is 24.3 Å². The minimum Gasteiger partial charge on any atom is -0.478 e. The number of carboxylic acid groups (broad SMARTS) is 1. The molecule has 2 rings (SSSR count). The van der Waals surface area contributed by atoms with Gasteiger partial charge in [0.25, 0.3) is 6.23 Å². The molecule has 0 radical (unpaired) electrons. The summed E-state index contributed by atoms with van der Waals surface area (Å²) < 4.78 is 37.6. The summed E-state index contributed by atoms with van der Waals surface area (Å²) in [6.45, 7) is 3.33. The van der Waals surface area contributed by atoms with Gasteiger partial charge in [-0.05, 0) is 31.5 Å². The number of carbonyl (C=O) groups is 1. The maximum atomic E-state index is 12.5. The lowest BCUT2D eigenvalue weighted by Gasteiger charge is -2.25. The predicted molar refractivity (Wildman–Crippen MR) is 67.9 cm³/mol. The highest BCUT2D eigenvalue weighted by molar-refractivity contribution is 5.93. The van der Waals surface area contributed by atoms with Gasteiger partial charge < -0.3 is 15.3 Å². The van der Waals surface area contributed by atoms with Crippen LogP contribution in [0, 0.1) is 0 Å². The number of hydrogen-bond acceptors (Lipinski definition) is 4. The fraction of sp³-hybridized carbons (Fsp3) is 0.385. The van der Waals surface area contributed by atoms with E-state index in [2.05, 4.69) is 15.3 Å². The monoisotopic (exact) mass is 302 g/mol. The molecule has 0 bridgehead atoms. The largest absolute Gasteiger partial charge is 0.478 e. The number of nitrogens with zero attached hydrogens (tertiary/aromatic N) is 1. The summed E-state index contributed by atoms with van der Waals surface area (Å²) in [5, 5.41) is 14.5. The van der Waals surface area contributed by atoms with E-state index in [-0.39, 0.29) is 11.4 Å². The first kappa shape index (κ1) is 15.1. The zero-order valence-corrected chi connectivity index (χ0v) is 11.2. The number of benzene rings is 1. The van der Waals surface area contributed by atoms with Crippen LogP contribution >= 0.6 is 0 Å². The van der Waals surface area contributed by atoms with Gasteiger partial charge in [0.15, 0.2) is 5.84 Å². The average molecular weight is 302 g/mol. The van der Waals surface area contributed by atoms with Crippen LogP contribution in [0.25, 0.3) is 0 Å². The number of hydrogen-bond donors (Lipinski definition) is 2. The third-order valence-electron chi connectivity index (χ3n) is 3.26. The van der Waals surface area contributed by atoms with Gasteiger partial charge in [-0.1, -0.05) is 17.3 Å². The molecule has 0 saturated heterocycles. The Morgan fingerprint density at radius 3 is 2.29 bits per heavy atom. The number of halogens is 3. The van der Waals surface area contributed by atoms with Gasteiger partial charge in [-0.15, -0.1) is 0 Å². The first-order valence-electron chi connectivity index (χ1n) is 6.04. The van der Waals surface area contributed by atoms with Crippen molar-refractivity contribution in [3.63, 3.8) is 0 Å². The molecule has 1 aliphatic rings. The quantitative estimate of drug-likeness (QED) is 0.900. The summed E-state index contributed by atoms with van der Waals surface area (Å²) in [7, 11) is 0. The van der Waals surface area contributed by atoms with Crippen LogP contribution in [0.15, 0.2) is 29.4 Å². The van der Waals surface area contributed by atoms with Crippen LogP contribution in [0.4, 0.5) is 13.2 Å². The Kier molecular flexibility index (Phi) is 3.56. The van der Waals surface area contributed by atoms with Crippen LogP contribution in [0.3, 0.4) is 0 Å². The number of oxime groups is 1. The van der Waals surface area contributed by atoms with Crippen molar-refractivity contribution < 1.29 is 27.9 Å². The summed E-state index contributed by atoms with van der Waals surface area (Å²) in [5.41, 5.74) is -0.165. The van der Waals surface area contributed by atoms with Gasteiger partial charge in [0.05, 0.1) is 11.0 Å². The molecule has 0 aliphatic carbocycles. The number of alkyl halides is 3. The van der Waals surface area contributed by atoms with Gasteiger partial charge in [0.1, 0.15) is 0 Å². The van der Waals surface area contributed by atoms with Gasteiger partial charge in [0.2, 0.25) is 0 Å². The fourth-order valence-electron chi connectivity index (χ4n) is 1.88. The predicted octanol–water partition coefficient (Wildman–Crippen LogP) is 2.48. The topological polar surface area (TPSA) is 70.9 Å². The average Bonchev–Trinajstić information content (AvgIpc) is 2.89. The molecule has 1 heterocycles. The molecule has 114 valence electrons. The van der Waals surface area contributed by atoms with Crippen LogP contribution in [-0.2, 0) is 10.3 Å². The summed E-state index contributed by atoms with van der Waals surface area (Å²) >= 11 is 0. The molecule has 2 N–H and O–H groups in total. The second kappa shape index (κ2) is 4.94. The highest BCUT2D eigenvalue weighted by Crippen LogP contribution is 2.30. The SMILES string of the molecule is CC(C)(C1=NOC(C(F)(F)F)N1)c1ccc(C(=O)O)cc1. The molecule has 0 amide bonds. The van der Waals surface area contributed by atoms with E-state index in [1.54, 1.807) is 13.8 Å². The zero-order valence-electron chi connectivity index (χ0n) is 11.2. The lowest BCUT2D eigenvalue weighted by atomic mass is 9.83. The second-order valence-corrected chi connectivity index (χ2v) is 5.12. The highest BCUT2D eigenvalue weighted by Gasteiger charge is 2.48. The van der Waals surface area contributed by atoms with Crippen LogP contribution in [-0.4, -0.2) is 29.3 Å². The molecule has 1 aromatic rings. The first-order chi connectivity index (χ1) is 9.62. The van der Waals surface area contributed by atoms with Crippen molar-refractivity contribution in [2.24, 2.45) is 5.16 Å². The summed E-state index contributed by atoms with van der Waals surface area (Å²) in [5.74, 6) is -1.04. The number of carboxylic acids is 1. The zero-order chi connectivity index (χ0) is 15.8. The molecular weight excluding hydrogens is 289 g/mol. The Labute approximate surface area is 118 Å². The maximum absolute atomic E-state index is 12.5. The lowest BCUT2D eigenvalue weighted by molar-refractivity contribution is -0.218. The molecule has 0 spiro atoms. The van der Waals surface area contributed by atoms with Crippen LogP contribution < -0.4 is 5.32 Å². The Balaban J connectivity index is 2.21. The van der Waals surface area contributed by atoms with E-state index in [1.807, 2.05) is 0 Å². The molecule has 0 saturated carbocycles. The summed E-state index contributed by atoms with van der Waals surface area (Å²) in [6.07, 6.45) is -6.72. The summed E-state index contributed by atoms with van der Waals surface area (Å²) in [6, 6.07) is 5.84. The smallest absolute Gasteiger partial charge is 0.448 e. The van der Waals surface area contributed by atoms with Gasteiger partial charge >= 0.3 is 12.1 Å². The molecule has 0 fully saturated rings. The lowest BCUT2D eigenvalue weighted by Crippen LogP contribution is -2.47. The molecule has 0 aromatic heterocycles. The van der Waals surface area contributed by atoms with E-state index in [0.717, 1.165) is 0 Å². The van der Waals surface area contributed by atoms with Crippen molar-refractivity contribution in [1.82, 2.24) is 5.32 Å². The van der Waals surface area contributed by atoms with Crippen LogP contribution in [0.5, 0.6) is 0 Å². The molecule has 8 heteroatoms. The number of aromatic carboxylic acids is 1. The van der Waals surface area contributed by atoms with E-state index >= 15 is 0 Å². The molecule has 1 aromatic carbocycles. The molecular formula is C13H13F3N2O3. The van der Waals surface area contributed by atoms with Gasteiger partial charge in [-0.3, -0.25) is 0 Å². The maximum Gasteiger partial charge on any atom is 0.448 e. The molecule has 21 heavy (non-hydrogen) atoms. The highest BCUT2D eigenvalue weighted by atomic mass is 19.4. The van der Waals surface area contributed by atoms with Crippen molar-refractivity contribution >= 4 is 11.8 Å². The van der Waals surface area contributed by atoms with Gasteiger partial charge in [-0.2, -0.15) is 13.2 Å². The Morgan fingerprint density at radius 1 is 1.29 bits per heavy atom. The normalized spacial score (nSPS) is 18.7. The van der Waals surface area contributed by atoms with E-state index in [0.29, 0.717) is 5.56 Å². The first-order valence-corrected chi connectivity index (χ1v) is 6.04. The number of nitrogens with one attached hydrogen (secondary N) is 1. The van der Waals surface area contributed by atoms with Gasteiger partial charge in [-0.25, -0.2) is 4.79 Å². The fourth-order valence-corrected chi connectivity index (χ4v) is 1.88. The van der Waals surface area contributed by atoms with E-state index < -0.39 is 23.8 Å². The van der Waals surface area contributed by atoms with Crippen molar-refractivity contribution in [2.75, 3.05) is 0 Å². The van der Waals surface area contributed by atoms with Crippen LogP contribution in [0.1, 0.15) is 29.8 Å². The van der Waals surface area contributed by atoms with E-state index in [4.69, 9.17) is 5.11 Å². The minimum atomic E-state index is -4.56. The third-order valence-corrected chi connectivity index (χ3v) is 3.26. The molecule has 5 nitrogen and oxygen atoms in total. The number of amidine groups is 1. The van der Waals surface area contributed by atoms with Crippen molar-refractivity contribution in [1.29, 1.82) is 0 Å². The van der Waals surface area contributed by atoms with Crippen LogP contribution in [0.2, 0.25) is 0 Å². The summed E-state index contributed by atoms with van der Waals surface area (Å²) in [4.78, 5) is 15.1. The molecule has 1 atom stereocenters. The standard InChI is InChI=1S/C13H13F3N2O3/c1-12(2,8-5-3-7(4-6-8)9(19)20)10-17-11(21-18-10)13(14,15)16/h3-6,11H,1-2H3,(H,17,18)(H,19,20). The molecule has 1 unspecified atom stereocenters.